The normalized spacial score (nSPS) is 11.6. The smallest absolute Gasteiger partial charge is 0.243 e. The third-order valence-corrected chi connectivity index (χ3v) is 6.57. The highest BCUT2D eigenvalue weighted by Gasteiger charge is 2.26. The second-order valence-corrected chi connectivity index (χ2v) is 8.51. The lowest BCUT2D eigenvalue weighted by atomic mass is 10.2. The molecule has 0 aliphatic carbocycles. The van der Waals surface area contributed by atoms with Crippen LogP contribution >= 0.6 is 11.3 Å². The van der Waals surface area contributed by atoms with Crippen LogP contribution in [0.5, 0.6) is 0 Å². The van der Waals surface area contributed by atoms with Crippen molar-refractivity contribution in [3.05, 3.63) is 59.1 Å². The van der Waals surface area contributed by atoms with E-state index in [0.717, 1.165) is 4.88 Å². The van der Waals surface area contributed by atoms with E-state index in [2.05, 4.69) is 5.16 Å². The van der Waals surface area contributed by atoms with Crippen LogP contribution in [0.25, 0.3) is 10.6 Å². The summed E-state index contributed by atoms with van der Waals surface area (Å²) in [7, 11) is -2.26. The predicted octanol–water partition coefficient (Wildman–Crippen LogP) is 3.11. The van der Waals surface area contributed by atoms with Crippen molar-refractivity contribution < 1.29 is 17.7 Å². The lowest BCUT2D eigenvalue weighted by Crippen LogP contribution is -2.33. The molecule has 9 heteroatoms. The largest absolute Gasteiger partial charge is 0.383 e. The molecule has 27 heavy (non-hydrogen) atoms. The van der Waals surface area contributed by atoms with E-state index in [0.29, 0.717) is 17.0 Å². The molecule has 7 nitrogen and oxygen atoms in total. The Morgan fingerprint density at radius 1 is 1.30 bits per heavy atom. The molecule has 0 N–H and O–H groups in total. The molecule has 2 heterocycles. The number of rotatable bonds is 8. The van der Waals surface area contributed by atoms with E-state index in [1.54, 1.807) is 6.07 Å². The topological polar surface area (TPSA) is 96.4 Å². The molecule has 0 aliphatic rings. The zero-order valence-electron chi connectivity index (χ0n) is 14.5. The molecule has 0 spiro atoms. The predicted molar refractivity (Wildman–Crippen MR) is 100 cm³/mol. The lowest BCUT2D eigenvalue weighted by Gasteiger charge is -2.20. The third kappa shape index (κ3) is 4.43. The van der Waals surface area contributed by atoms with E-state index < -0.39 is 10.0 Å². The molecule has 0 aliphatic heterocycles. The van der Waals surface area contributed by atoms with Crippen molar-refractivity contribution in [2.75, 3.05) is 20.3 Å². The maximum Gasteiger partial charge on any atom is 0.243 e. The van der Waals surface area contributed by atoms with E-state index in [4.69, 9.17) is 14.5 Å². The van der Waals surface area contributed by atoms with Crippen molar-refractivity contribution >= 4 is 21.4 Å². The quantitative estimate of drug-likeness (QED) is 0.573. The first kappa shape index (κ1) is 19.3. The average Bonchev–Trinajstić information content (AvgIpc) is 3.36. The molecule has 0 amide bonds. The highest BCUT2D eigenvalue weighted by atomic mass is 32.2. The third-order valence-electron chi connectivity index (χ3n) is 3.83. The molecule has 0 radical (unpaired) electrons. The van der Waals surface area contributed by atoms with Gasteiger partial charge in [-0.3, -0.25) is 0 Å². The van der Waals surface area contributed by atoms with Crippen molar-refractivity contribution in [1.82, 2.24) is 9.46 Å². The van der Waals surface area contributed by atoms with Crippen LogP contribution in [0.15, 0.2) is 57.3 Å². The molecule has 2 aromatic heterocycles. The summed E-state index contributed by atoms with van der Waals surface area (Å²) in [6.45, 7) is 0.464. The fraction of sp³-hybridized carbons (Fsp3) is 0.222. The van der Waals surface area contributed by atoms with Gasteiger partial charge in [0.2, 0.25) is 10.0 Å². The van der Waals surface area contributed by atoms with Crippen LogP contribution in [0.3, 0.4) is 0 Å². The SMILES string of the molecule is COCCN(Cc1cc(-c2cccs2)on1)S(=O)(=O)c1ccc(C#N)cc1. The van der Waals surface area contributed by atoms with E-state index in [9.17, 15) is 8.42 Å². The number of nitriles is 1. The number of hydrogen-bond donors (Lipinski definition) is 0. The molecule has 0 saturated heterocycles. The van der Waals surface area contributed by atoms with Gasteiger partial charge < -0.3 is 9.26 Å². The molecule has 0 unspecified atom stereocenters. The van der Waals surface area contributed by atoms with Gasteiger partial charge in [-0.1, -0.05) is 11.2 Å². The van der Waals surface area contributed by atoms with E-state index in [1.807, 2.05) is 23.6 Å². The first-order chi connectivity index (χ1) is 13.0. The molecular formula is C18H17N3O4S2. The Labute approximate surface area is 161 Å². The highest BCUT2D eigenvalue weighted by molar-refractivity contribution is 7.89. The number of nitrogens with zero attached hydrogens (tertiary/aromatic N) is 3. The molecule has 0 fully saturated rings. The Morgan fingerprint density at radius 3 is 2.70 bits per heavy atom. The number of sulfonamides is 1. The first-order valence-corrected chi connectivity index (χ1v) is 10.4. The standard InChI is InChI=1S/C18H17N3O4S2/c1-24-9-8-21(27(22,23)16-6-4-14(12-19)5-7-16)13-15-11-17(25-20-15)18-3-2-10-26-18/h2-7,10-11H,8-9,13H2,1H3. The maximum absolute atomic E-state index is 13.0. The maximum atomic E-state index is 13.0. The summed E-state index contributed by atoms with van der Waals surface area (Å²) < 4.78 is 37.7. The summed E-state index contributed by atoms with van der Waals surface area (Å²) >= 11 is 1.52. The second-order valence-electron chi connectivity index (χ2n) is 5.63. The van der Waals surface area contributed by atoms with Crippen LogP contribution in [0.1, 0.15) is 11.3 Å². The first-order valence-electron chi connectivity index (χ1n) is 8.03. The van der Waals surface area contributed by atoms with Crippen LogP contribution in [-0.2, 0) is 21.3 Å². The average molecular weight is 403 g/mol. The van der Waals surface area contributed by atoms with Gasteiger partial charge in [-0.25, -0.2) is 8.42 Å². The van der Waals surface area contributed by atoms with Crippen molar-refractivity contribution in [2.24, 2.45) is 0 Å². The van der Waals surface area contributed by atoms with Gasteiger partial charge in [-0.05, 0) is 35.7 Å². The molecule has 1 aromatic carbocycles. The van der Waals surface area contributed by atoms with Gasteiger partial charge in [0, 0.05) is 19.7 Å². The van der Waals surface area contributed by atoms with Crippen LogP contribution < -0.4 is 0 Å². The highest BCUT2D eigenvalue weighted by Crippen LogP contribution is 2.26. The van der Waals surface area contributed by atoms with Gasteiger partial charge >= 0.3 is 0 Å². The summed E-state index contributed by atoms with van der Waals surface area (Å²) in [5.41, 5.74) is 0.904. The lowest BCUT2D eigenvalue weighted by molar-refractivity contribution is 0.176. The summed E-state index contributed by atoms with van der Waals surface area (Å²) in [5.74, 6) is 0.600. The van der Waals surface area contributed by atoms with Crippen LogP contribution in [0.2, 0.25) is 0 Å². The van der Waals surface area contributed by atoms with Gasteiger partial charge in [-0.15, -0.1) is 11.3 Å². The Bertz CT molecular complexity index is 1020. The number of methoxy groups -OCH3 is 1. The minimum Gasteiger partial charge on any atom is -0.383 e. The molecule has 3 rings (SSSR count). The molecule has 0 saturated carbocycles. The van der Waals surface area contributed by atoms with Crippen molar-refractivity contribution in [3.8, 4) is 16.7 Å². The van der Waals surface area contributed by atoms with Crippen LogP contribution in [0.4, 0.5) is 0 Å². The van der Waals surface area contributed by atoms with E-state index in [1.165, 1.54) is 47.0 Å². The molecule has 0 atom stereocenters. The van der Waals surface area contributed by atoms with Crippen molar-refractivity contribution in [1.29, 1.82) is 5.26 Å². The molecule has 140 valence electrons. The summed E-state index contributed by atoms with van der Waals surface area (Å²) in [6, 6.07) is 13.3. The zero-order valence-corrected chi connectivity index (χ0v) is 16.2. The number of benzene rings is 1. The molecular weight excluding hydrogens is 386 g/mol. The summed E-state index contributed by atoms with van der Waals surface area (Å²) in [4.78, 5) is 1.03. The number of aromatic nitrogens is 1. The number of thiophene rings is 1. The fourth-order valence-electron chi connectivity index (χ4n) is 2.43. The van der Waals surface area contributed by atoms with Crippen LogP contribution in [0, 0.1) is 11.3 Å². The minimum absolute atomic E-state index is 0.0561. The van der Waals surface area contributed by atoms with Gasteiger partial charge in [0.1, 0.15) is 0 Å². The number of ether oxygens (including phenoxy) is 1. The van der Waals surface area contributed by atoms with Crippen molar-refractivity contribution in [3.63, 3.8) is 0 Å². The zero-order chi connectivity index (χ0) is 19.3. The number of hydrogen-bond acceptors (Lipinski definition) is 7. The van der Waals surface area contributed by atoms with Gasteiger partial charge in [0.15, 0.2) is 5.76 Å². The second kappa shape index (κ2) is 8.45. The van der Waals surface area contributed by atoms with Gasteiger partial charge in [0.25, 0.3) is 0 Å². The van der Waals surface area contributed by atoms with Crippen molar-refractivity contribution in [2.45, 2.75) is 11.4 Å². The van der Waals surface area contributed by atoms with E-state index >= 15 is 0 Å². The Hall–Kier alpha value is -2.51. The summed E-state index contributed by atoms with van der Waals surface area (Å²) in [6.07, 6.45) is 0. The summed E-state index contributed by atoms with van der Waals surface area (Å²) in [5, 5.41) is 14.8. The van der Waals surface area contributed by atoms with Gasteiger partial charge in [-0.2, -0.15) is 9.57 Å². The Balaban J connectivity index is 1.85. The molecule has 0 bridgehead atoms. The Morgan fingerprint density at radius 2 is 2.07 bits per heavy atom. The molecule has 3 aromatic rings. The fourth-order valence-corrected chi connectivity index (χ4v) is 4.50. The Kier molecular flexibility index (Phi) is 6.03. The van der Waals surface area contributed by atoms with Gasteiger partial charge in [0.05, 0.1) is 40.3 Å². The monoisotopic (exact) mass is 403 g/mol. The minimum atomic E-state index is -3.78. The van der Waals surface area contributed by atoms with Crippen LogP contribution in [-0.4, -0.2) is 38.1 Å². The van der Waals surface area contributed by atoms with E-state index in [-0.39, 0.29) is 24.6 Å².